The van der Waals surface area contributed by atoms with Crippen LogP contribution in [0.2, 0.25) is 0 Å². The fourth-order valence-electron chi connectivity index (χ4n) is 2.71. The Kier molecular flexibility index (Phi) is 4.38. The third-order valence-electron chi connectivity index (χ3n) is 3.40. The van der Waals surface area contributed by atoms with Crippen LogP contribution in [0.4, 0.5) is 0 Å². The summed E-state index contributed by atoms with van der Waals surface area (Å²) in [5.74, 6) is 2.12. The average molecular weight is 190 g/mol. The molecule has 1 unspecified atom stereocenters. The van der Waals surface area contributed by atoms with Crippen LogP contribution in [0.5, 0.6) is 0 Å². The van der Waals surface area contributed by atoms with Crippen LogP contribution in [0.3, 0.4) is 0 Å². The summed E-state index contributed by atoms with van der Waals surface area (Å²) in [6.07, 6.45) is 8.96. The van der Waals surface area contributed by atoms with Gasteiger partial charge in [0.1, 0.15) is 0 Å². The number of hydrogen-bond donors (Lipinski definition) is 1. The maximum atomic E-state index is 3.51. The highest BCUT2D eigenvalue weighted by molar-refractivity contribution is 5.85. The molecule has 0 spiro atoms. The Bertz CT molecular complexity index is 115. The molecule has 0 radical (unpaired) electrons. The first-order valence-corrected chi connectivity index (χ1v) is 5.17. The zero-order valence-corrected chi connectivity index (χ0v) is 8.54. The first-order valence-electron chi connectivity index (χ1n) is 5.17. The SMILES string of the molecule is C1CCC(C2CCCNC2)C1.Cl. The molecule has 0 aromatic carbocycles. The smallest absolute Gasteiger partial charge is 0.00179 e. The van der Waals surface area contributed by atoms with Gasteiger partial charge >= 0.3 is 0 Å². The molecule has 1 aliphatic heterocycles. The van der Waals surface area contributed by atoms with Gasteiger partial charge in [-0.1, -0.05) is 25.7 Å². The molecule has 1 saturated heterocycles. The monoisotopic (exact) mass is 189 g/mol. The molecule has 0 bridgehead atoms. The van der Waals surface area contributed by atoms with Crippen molar-refractivity contribution in [3.63, 3.8) is 0 Å². The molecule has 1 N–H and O–H groups in total. The molecule has 12 heavy (non-hydrogen) atoms. The Morgan fingerprint density at radius 1 is 0.833 bits per heavy atom. The summed E-state index contributed by atoms with van der Waals surface area (Å²) in [4.78, 5) is 0. The van der Waals surface area contributed by atoms with Crippen molar-refractivity contribution < 1.29 is 0 Å². The lowest BCUT2D eigenvalue weighted by atomic mass is 9.85. The molecule has 1 atom stereocenters. The highest BCUT2D eigenvalue weighted by Crippen LogP contribution is 2.34. The fourth-order valence-corrected chi connectivity index (χ4v) is 2.71. The van der Waals surface area contributed by atoms with Crippen LogP contribution < -0.4 is 5.32 Å². The minimum atomic E-state index is 0. The van der Waals surface area contributed by atoms with Crippen molar-refractivity contribution in [1.29, 1.82) is 0 Å². The molecule has 0 aromatic heterocycles. The molecule has 1 heterocycles. The second-order valence-corrected chi connectivity index (χ2v) is 4.15. The highest BCUT2D eigenvalue weighted by atomic mass is 35.5. The van der Waals surface area contributed by atoms with Crippen molar-refractivity contribution in [2.75, 3.05) is 13.1 Å². The van der Waals surface area contributed by atoms with Gasteiger partial charge in [0.05, 0.1) is 0 Å². The maximum absolute atomic E-state index is 3.51. The van der Waals surface area contributed by atoms with Gasteiger partial charge in [-0.05, 0) is 37.8 Å². The van der Waals surface area contributed by atoms with Crippen LogP contribution in [-0.2, 0) is 0 Å². The zero-order chi connectivity index (χ0) is 7.52. The topological polar surface area (TPSA) is 12.0 Å². The Morgan fingerprint density at radius 2 is 1.50 bits per heavy atom. The van der Waals surface area contributed by atoms with Crippen molar-refractivity contribution in [3.8, 4) is 0 Å². The maximum Gasteiger partial charge on any atom is -0.00179 e. The van der Waals surface area contributed by atoms with Gasteiger partial charge < -0.3 is 5.32 Å². The third-order valence-corrected chi connectivity index (χ3v) is 3.40. The van der Waals surface area contributed by atoms with Gasteiger partial charge in [-0.25, -0.2) is 0 Å². The largest absolute Gasteiger partial charge is 0.316 e. The summed E-state index contributed by atoms with van der Waals surface area (Å²) in [7, 11) is 0. The van der Waals surface area contributed by atoms with Crippen molar-refractivity contribution in [2.24, 2.45) is 11.8 Å². The molecule has 2 rings (SSSR count). The van der Waals surface area contributed by atoms with Crippen LogP contribution in [0, 0.1) is 11.8 Å². The highest BCUT2D eigenvalue weighted by Gasteiger charge is 2.25. The van der Waals surface area contributed by atoms with Crippen LogP contribution in [0.15, 0.2) is 0 Å². The second kappa shape index (κ2) is 5.08. The van der Waals surface area contributed by atoms with Gasteiger partial charge in [-0.2, -0.15) is 0 Å². The summed E-state index contributed by atoms with van der Waals surface area (Å²) in [6.45, 7) is 2.58. The molecule has 2 aliphatic rings. The van der Waals surface area contributed by atoms with Gasteiger partial charge in [0.2, 0.25) is 0 Å². The van der Waals surface area contributed by atoms with E-state index in [0.717, 1.165) is 11.8 Å². The standard InChI is InChI=1S/C10H19N.ClH/c1-2-5-9(4-1)10-6-3-7-11-8-10;/h9-11H,1-8H2;1H. The first kappa shape index (κ1) is 10.3. The molecular formula is C10H20ClN. The van der Waals surface area contributed by atoms with Crippen LogP contribution in [0.25, 0.3) is 0 Å². The summed E-state index contributed by atoms with van der Waals surface area (Å²) in [5, 5.41) is 3.51. The predicted octanol–water partition coefficient (Wildman–Crippen LogP) is 2.60. The predicted molar refractivity (Wildman–Crippen MR) is 54.8 cm³/mol. The van der Waals surface area contributed by atoms with E-state index in [2.05, 4.69) is 5.32 Å². The molecular weight excluding hydrogens is 170 g/mol. The number of nitrogens with one attached hydrogen (secondary N) is 1. The molecule has 0 aromatic rings. The van der Waals surface area contributed by atoms with E-state index in [1.54, 1.807) is 0 Å². The Morgan fingerprint density at radius 3 is 2.08 bits per heavy atom. The van der Waals surface area contributed by atoms with E-state index in [4.69, 9.17) is 0 Å². The molecule has 0 amide bonds. The van der Waals surface area contributed by atoms with E-state index in [-0.39, 0.29) is 12.4 Å². The van der Waals surface area contributed by atoms with Crippen molar-refractivity contribution in [2.45, 2.75) is 38.5 Å². The van der Waals surface area contributed by atoms with Crippen LogP contribution in [-0.4, -0.2) is 13.1 Å². The molecule has 2 heteroatoms. The first-order chi connectivity index (χ1) is 5.47. The van der Waals surface area contributed by atoms with Gasteiger partial charge in [0, 0.05) is 0 Å². The Balaban J connectivity index is 0.000000720. The quantitative estimate of drug-likeness (QED) is 0.669. The zero-order valence-electron chi connectivity index (χ0n) is 7.72. The number of piperidine rings is 1. The van der Waals surface area contributed by atoms with Crippen LogP contribution >= 0.6 is 12.4 Å². The minimum Gasteiger partial charge on any atom is -0.316 e. The molecule has 1 nitrogen and oxygen atoms in total. The van der Waals surface area contributed by atoms with Crippen LogP contribution in [0.1, 0.15) is 38.5 Å². The van der Waals surface area contributed by atoms with E-state index in [9.17, 15) is 0 Å². The summed E-state index contributed by atoms with van der Waals surface area (Å²) < 4.78 is 0. The normalized spacial score (nSPS) is 31.5. The lowest BCUT2D eigenvalue weighted by Gasteiger charge is -2.27. The fraction of sp³-hybridized carbons (Fsp3) is 1.00. The lowest BCUT2D eigenvalue weighted by molar-refractivity contribution is 0.268. The summed E-state index contributed by atoms with van der Waals surface area (Å²) in [5.41, 5.74) is 0. The van der Waals surface area contributed by atoms with Gasteiger partial charge in [-0.15, -0.1) is 12.4 Å². The molecule has 1 aliphatic carbocycles. The van der Waals surface area contributed by atoms with E-state index in [0.29, 0.717) is 0 Å². The Hall–Kier alpha value is 0.250. The van der Waals surface area contributed by atoms with Gasteiger partial charge in [-0.3, -0.25) is 0 Å². The van der Waals surface area contributed by atoms with Gasteiger partial charge in [0.25, 0.3) is 0 Å². The number of rotatable bonds is 1. The molecule has 2 fully saturated rings. The summed E-state index contributed by atoms with van der Waals surface area (Å²) in [6, 6.07) is 0. The van der Waals surface area contributed by atoms with Crippen molar-refractivity contribution in [1.82, 2.24) is 5.32 Å². The minimum absolute atomic E-state index is 0. The molecule has 72 valence electrons. The number of halogens is 1. The number of hydrogen-bond acceptors (Lipinski definition) is 1. The Labute approximate surface area is 81.7 Å². The molecule has 1 saturated carbocycles. The second-order valence-electron chi connectivity index (χ2n) is 4.15. The van der Waals surface area contributed by atoms with Crippen molar-refractivity contribution in [3.05, 3.63) is 0 Å². The summed E-state index contributed by atoms with van der Waals surface area (Å²) >= 11 is 0. The van der Waals surface area contributed by atoms with E-state index in [1.165, 1.54) is 51.6 Å². The van der Waals surface area contributed by atoms with Crippen molar-refractivity contribution >= 4 is 12.4 Å². The van der Waals surface area contributed by atoms with E-state index in [1.807, 2.05) is 0 Å². The lowest BCUT2D eigenvalue weighted by Crippen LogP contribution is -2.33. The van der Waals surface area contributed by atoms with Gasteiger partial charge in [0.15, 0.2) is 0 Å². The van der Waals surface area contributed by atoms with E-state index >= 15 is 0 Å². The third kappa shape index (κ3) is 2.37. The van der Waals surface area contributed by atoms with E-state index < -0.39 is 0 Å². The average Bonchev–Trinajstić information content (AvgIpc) is 2.58.